The van der Waals surface area contributed by atoms with Gasteiger partial charge in [-0.25, -0.2) is 8.42 Å². The van der Waals surface area contributed by atoms with Crippen LogP contribution in [0.2, 0.25) is 0 Å². The highest BCUT2D eigenvalue weighted by Gasteiger charge is 2.14. The quantitative estimate of drug-likeness (QED) is 0.586. The minimum Gasteiger partial charge on any atom is -0.380 e. The lowest BCUT2D eigenvalue weighted by atomic mass is 10.1. The SMILES string of the molecule is CCCCOCCNC(=O)c1cc(C)cc(S(=O)(=O)Cl)c1. The van der Waals surface area contributed by atoms with Crippen LogP contribution in [0, 0.1) is 6.92 Å². The van der Waals surface area contributed by atoms with E-state index in [4.69, 9.17) is 15.4 Å². The molecule has 0 radical (unpaired) electrons. The van der Waals surface area contributed by atoms with Gasteiger partial charge in [0.05, 0.1) is 11.5 Å². The fourth-order valence-electron chi connectivity index (χ4n) is 1.71. The molecule has 0 aliphatic heterocycles. The number of amides is 1. The van der Waals surface area contributed by atoms with Crippen LogP contribution in [-0.2, 0) is 13.8 Å². The largest absolute Gasteiger partial charge is 0.380 e. The number of aryl methyl sites for hydroxylation is 1. The van der Waals surface area contributed by atoms with Crippen molar-refractivity contribution in [3.05, 3.63) is 29.3 Å². The second-order valence-corrected chi connectivity index (χ2v) is 7.26. The van der Waals surface area contributed by atoms with Gasteiger partial charge in [0.2, 0.25) is 0 Å². The van der Waals surface area contributed by atoms with Gasteiger partial charge in [-0.1, -0.05) is 13.3 Å². The fourth-order valence-corrected chi connectivity index (χ4v) is 2.57. The molecule has 1 aromatic rings. The maximum absolute atomic E-state index is 12.0. The molecule has 0 unspecified atom stereocenters. The lowest BCUT2D eigenvalue weighted by Crippen LogP contribution is -2.27. The molecule has 0 spiro atoms. The smallest absolute Gasteiger partial charge is 0.261 e. The zero-order valence-electron chi connectivity index (χ0n) is 12.2. The van der Waals surface area contributed by atoms with Crippen LogP contribution in [0.1, 0.15) is 35.7 Å². The number of nitrogens with one attached hydrogen (secondary N) is 1. The molecule has 0 bridgehead atoms. The summed E-state index contributed by atoms with van der Waals surface area (Å²) in [6.45, 7) is 5.25. The van der Waals surface area contributed by atoms with E-state index in [1.165, 1.54) is 12.1 Å². The van der Waals surface area contributed by atoms with Crippen molar-refractivity contribution in [2.75, 3.05) is 19.8 Å². The van der Waals surface area contributed by atoms with Crippen LogP contribution in [-0.4, -0.2) is 34.1 Å². The normalized spacial score (nSPS) is 11.4. The van der Waals surface area contributed by atoms with E-state index in [2.05, 4.69) is 12.2 Å². The Labute approximate surface area is 130 Å². The number of halogens is 1. The molecule has 1 N–H and O–H groups in total. The van der Waals surface area contributed by atoms with Crippen LogP contribution in [0.15, 0.2) is 23.1 Å². The van der Waals surface area contributed by atoms with Crippen molar-refractivity contribution in [3.63, 3.8) is 0 Å². The number of ether oxygens (including phenoxy) is 1. The Morgan fingerprint density at radius 1 is 1.29 bits per heavy atom. The van der Waals surface area contributed by atoms with Gasteiger partial charge in [0.1, 0.15) is 0 Å². The Bertz CT molecular complexity index is 587. The number of hydrogen-bond acceptors (Lipinski definition) is 4. The van der Waals surface area contributed by atoms with Gasteiger partial charge in [-0.05, 0) is 37.1 Å². The zero-order chi connectivity index (χ0) is 15.9. The highest BCUT2D eigenvalue weighted by atomic mass is 35.7. The maximum Gasteiger partial charge on any atom is 0.261 e. The highest BCUT2D eigenvalue weighted by Crippen LogP contribution is 2.18. The number of unbranched alkanes of at least 4 members (excludes halogenated alkanes) is 1. The Hall–Kier alpha value is -1.11. The molecule has 1 aromatic carbocycles. The van der Waals surface area contributed by atoms with Gasteiger partial charge >= 0.3 is 0 Å². The Morgan fingerprint density at radius 3 is 2.62 bits per heavy atom. The molecule has 21 heavy (non-hydrogen) atoms. The summed E-state index contributed by atoms with van der Waals surface area (Å²) >= 11 is 0. The van der Waals surface area contributed by atoms with Crippen LogP contribution in [0.5, 0.6) is 0 Å². The third-order valence-electron chi connectivity index (χ3n) is 2.77. The molecule has 0 saturated heterocycles. The predicted octanol–water partition coefficient (Wildman–Crippen LogP) is 2.47. The average molecular weight is 334 g/mol. The molecule has 118 valence electrons. The first-order valence-corrected chi connectivity index (χ1v) is 9.08. The Kier molecular flexibility index (Phi) is 7.14. The molecular formula is C14H20ClNO4S. The first-order valence-electron chi connectivity index (χ1n) is 6.77. The van der Waals surface area contributed by atoms with E-state index in [-0.39, 0.29) is 16.4 Å². The molecule has 0 fully saturated rings. The molecule has 7 heteroatoms. The molecule has 0 aromatic heterocycles. The van der Waals surface area contributed by atoms with E-state index < -0.39 is 9.05 Å². The molecule has 0 saturated carbocycles. The third kappa shape index (κ3) is 6.46. The average Bonchev–Trinajstić information content (AvgIpc) is 2.40. The summed E-state index contributed by atoms with van der Waals surface area (Å²) in [4.78, 5) is 11.9. The summed E-state index contributed by atoms with van der Waals surface area (Å²) in [5.41, 5.74) is 0.920. The van der Waals surface area contributed by atoms with Crippen LogP contribution in [0.3, 0.4) is 0 Å². The van der Waals surface area contributed by atoms with Gasteiger partial charge in [0.25, 0.3) is 15.0 Å². The van der Waals surface area contributed by atoms with Crippen LogP contribution in [0.25, 0.3) is 0 Å². The second-order valence-electron chi connectivity index (χ2n) is 4.69. The van der Waals surface area contributed by atoms with Gasteiger partial charge in [0.15, 0.2) is 0 Å². The van der Waals surface area contributed by atoms with Crippen LogP contribution >= 0.6 is 10.7 Å². The number of rotatable bonds is 8. The Morgan fingerprint density at radius 2 is 2.00 bits per heavy atom. The standard InChI is InChI=1S/C14H20ClNO4S/c1-3-4-6-20-7-5-16-14(17)12-8-11(2)9-13(10-12)21(15,18)19/h8-10H,3-7H2,1-2H3,(H,16,17). The van der Waals surface area contributed by atoms with Crippen molar-refractivity contribution in [1.82, 2.24) is 5.32 Å². The molecule has 5 nitrogen and oxygen atoms in total. The van der Waals surface area contributed by atoms with Gasteiger partial charge in [-0.3, -0.25) is 4.79 Å². The number of benzene rings is 1. The third-order valence-corrected chi connectivity index (χ3v) is 4.10. The van der Waals surface area contributed by atoms with Gasteiger partial charge < -0.3 is 10.1 Å². The van der Waals surface area contributed by atoms with E-state index in [0.29, 0.717) is 25.3 Å². The number of carbonyl (C=O) groups is 1. The summed E-state index contributed by atoms with van der Waals surface area (Å²) in [7, 11) is 1.45. The molecule has 0 aliphatic rings. The van der Waals surface area contributed by atoms with Crippen molar-refractivity contribution in [1.29, 1.82) is 0 Å². The van der Waals surface area contributed by atoms with Crippen molar-refractivity contribution in [2.45, 2.75) is 31.6 Å². The summed E-state index contributed by atoms with van der Waals surface area (Å²) in [6.07, 6.45) is 2.05. The van der Waals surface area contributed by atoms with Crippen LogP contribution < -0.4 is 5.32 Å². The molecule has 0 aliphatic carbocycles. The molecular weight excluding hydrogens is 314 g/mol. The Balaban J connectivity index is 2.60. The molecule has 1 rings (SSSR count). The van der Waals surface area contributed by atoms with Crippen LogP contribution in [0.4, 0.5) is 0 Å². The van der Waals surface area contributed by atoms with Gasteiger partial charge in [-0.15, -0.1) is 0 Å². The summed E-state index contributed by atoms with van der Waals surface area (Å²) in [5.74, 6) is -0.348. The van der Waals surface area contributed by atoms with Crippen molar-refractivity contribution < 1.29 is 17.9 Å². The monoisotopic (exact) mass is 333 g/mol. The molecule has 0 atom stereocenters. The number of hydrogen-bond donors (Lipinski definition) is 1. The zero-order valence-corrected chi connectivity index (χ0v) is 13.8. The first-order chi connectivity index (χ1) is 9.84. The van der Waals surface area contributed by atoms with Crippen molar-refractivity contribution in [2.24, 2.45) is 0 Å². The minimum atomic E-state index is -3.85. The van der Waals surface area contributed by atoms with E-state index in [9.17, 15) is 13.2 Å². The topological polar surface area (TPSA) is 72.5 Å². The maximum atomic E-state index is 12.0. The van der Waals surface area contributed by atoms with E-state index in [0.717, 1.165) is 12.8 Å². The van der Waals surface area contributed by atoms with E-state index in [1.54, 1.807) is 13.0 Å². The highest BCUT2D eigenvalue weighted by molar-refractivity contribution is 8.13. The lowest BCUT2D eigenvalue weighted by molar-refractivity contribution is 0.0912. The minimum absolute atomic E-state index is 0.0755. The van der Waals surface area contributed by atoms with E-state index in [1.807, 2.05) is 0 Å². The summed E-state index contributed by atoms with van der Waals surface area (Å²) in [6, 6.07) is 4.30. The van der Waals surface area contributed by atoms with Gasteiger partial charge in [0, 0.05) is 29.4 Å². The van der Waals surface area contributed by atoms with Gasteiger partial charge in [-0.2, -0.15) is 0 Å². The second kappa shape index (κ2) is 8.36. The summed E-state index contributed by atoms with van der Waals surface area (Å²) < 4.78 is 28.0. The van der Waals surface area contributed by atoms with E-state index >= 15 is 0 Å². The fraction of sp³-hybridized carbons (Fsp3) is 0.500. The molecule has 1 amide bonds. The van der Waals surface area contributed by atoms with Crippen molar-refractivity contribution in [3.8, 4) is 0 Å². The number of carbonyl (C=O) groups excluding carboxylic acids is 1. The lowest BCUT2D eigenvalue weighted by Gasteiger charge is -2.08. The predicted molar refractivity (Wildman–Crippen MR) is 82.3 cm³/mol. The summed E-state index contributed by atoms with van der Waals surface area (Å²) in [5, 5.41) is 2.68. The van der Waals surface area contributed by atoms with Crippen molar-refractivity contribution >= 4 is 25.6 Å². The first kappa shape index (κ1) is 17.9. The molecule has 0 heterocycles.